The van der Waals surface area contributed by atoms with Crippen molar-refractivity contribution in [3.05, 3.63) is 28.2 Å². The molecule has 20 heavy (non-hydrogen) atoms. The van der Waals surface area contributed by atoms with Crippen LogP contribution >= 0.6 is 15.9 Å². The molecule has 0 aromatic heterocycles. The van der Waals surface area contributed by atoms with Gasteiger partial charge in [0.1, 0.15) is 0 Å². The first-order valence-electron chi connectivity index (χ1n) is 6.99. The summed E-state index contributed by atoms with van der Waals surface area (Å²) in [6.07, 6.45) is 0.128. The Bertz CT molecular complexity index is 418. The largest absolute Gasteiger partial charge is 0.417 e. The second-order valence-corrected chi connectivity index (χ2v) is 5.84. The van der Waals surface area contributed by atoms with Gasteiger partial charge < -0.3 is 5.32 Å². The van der Waals surface area contributed by atoms with E-state index in [4.69, 9.17) is 0 Å². The van der Waals surface area contributed by atoms with E-state index in [1.54, 1.807) is 6.07 Å². The Labute approximate surface area is 127 Å². The minimum Gasteiger partial charge on any atom is -0.385 e. The maximum absolute atomic E-state index is 12.8. The second-order valence-electron chi connectivity index (χ2n) is 4.99. The van der Waals surface area contributed by atoms with Crippen LogP contribution in [0.15, 0.2) is 22.7 Å². The van der Waals surface area contributed by atoms with E-state index in [1.807, 2.05) is 0 Å². The summed E-state index contributed by atoms with van der Waals surface area (Å²) in [5.41, 5.74) is -0.111. The van der Waals surface area contributed by atoms with Crippen LogP contribution in [-0.2, 0) is 6.18 Å². The molecule has 1 unspecified atom stereocenters. The molecular formula is C15H21BrF3N. The second kappa shape index (κ2) is 7.91. The van der Waals surface area contributed by atoms with Gasteiger partial charge in [-0.3, -0.25) is 0 Å². The molecule has 0 aliphatic carbocycles. The Morgan fingerprint density at radius 2 is 1.95 bits per heavy atom. The summed E-state index contributed by atoms with van der Waals surface area (Å²) in [5, 5.41) is 3.12. The SMILES string of the molecule is CCCCC(CC)CNc1ccc(Br)c(C(F)(F)F)c1. The standard InChI is InChI=1S/C15H21BrF3N/c1-3-5-6-11(4-2)10-20-12-7-8-14(16)13(9-12)15(17,18)19/h7-9,11,20H,3-6,10H2,1-2H3. The quantitative estimate of drug-likeness (QED) is 0.626. The van der Waals surface area contributed by atoms with Crippen LogP contribution in [0.2, 0.25) is 0 Å². The zero-order chi connectivity index (χ0) is 15.2. The highest BCUT2D eigenvalue weighted by molar-refractivity contribution is 9.10. The average molecular weight is 352 g/mol. The van der Waals surface area contributed by atoms with E-state index >= 15 is 0 Å². The molecule has 1 rings (SSSR count). The van der Waals surface area contributed by atoms with Gasteiger partial charge in [-0.15, -0.1) is 0 Å². The zero-order valence-electron chi connectivity index (χ0n) is 11.9. The van der Waals surface area contributed by atoms with Gasteiger partial charge >= 0.3 is 6.18 Å². The molecule has 5 heteroatoms. The Hall–Kier alpha value is -0.710. The topological polar surface area (TPSA) is 12.0 Å². The van der Waals surface area contributed by atoms with Crippen LogP contribution in [0.1, 0.15) is 45.1 Å². The molecule has 1 nitrogen and oxygen atoms in total. The van der Waals surface area contributed by atoms with Gasteiger partial charge in [0.2, 0.25) is 0 Å². The van der Waals surface area contributed by atoms with Crippen molar-refractivity contribution >= 4 is 21.6 Å². The van der Waals surface area contributed by atoms with Crippen LogP contribution in [0, 0.1) is 5.92 Å². The lowest BCUT2D eigenvalue weighted by Gasteiger charge is -2.17. The van der Waals surface area contributed by atoms with Gasteiger partial charge in [-0.05, 0) is 30.5 Å². The smallest absolute Gasteiger partial charge is 0.385 e. The highest BCUT2D eigenvalue weighted by Crippen LogP contribution is 2.36. The number of hydrogen-bond acceptors (Lipinski definition) is 1. The van der Waals surface area contributed by atoms with Crippen LogP contribution in [0.3, 0.4) is 0 Å². The van der Waals surface area contributed by atoms with Crippen molar-refractivity contribution in [3.8, 4) is 0 Å². The Morgan fingerprint density at radius 3 is 2.50 bits per heavy atom. The van der Waals surface area contributed by atoms with Crippen LogP contribution in [0.25, 0.3) is 0 Å². The third-order valence-electron chi connectivity index (χ3n) is 3.41. The predicted octanol–water partition coefficient (Wildman–Crippen LogP) is 6.10. The molecule has 1 N–H and O–H groups in total. The first-order valence-corrected chi connectivity index (χ1v) is 7.78. The third-order valence-corrected chi connectivity index (χ3v) is 4.10. The molecule has 0 saturated carbocycles. The van der Waals surface area contributed by atoms with Gasteiger partial charge in [0, 0.05) is 16.7 Å². The number of unbranched alkanes of at least 4 members (excludes halogenated alkanes) is 1. The van der Waals surface area contributed by atoms with E-state index in [1.165, 1.54) is 6.07 Å². The first kappa shape index (κ1) is 17.3. The van der Waals surface area contributed by atoms with Gasteiger partial charge in [-0.2, -0.15) is 13.2 Å². The predicted molar refractivity (Wildman–Crippen MR) is 80.9 cm³/mol. The lowest BCUT2D eigenvalue weighted by Crippen LogP contribution is -2.14. The fraction of sp³-hybridized carbons (Fsp3) is 0.600. The zero-order valence-corrected chi connectivity index (χ0v) is 13.4. The van der Waals surface area contributed by atoms with Crippen LogP contribution in [0.4, 0.5) is 18.9 Å². The van der Waals surface area contributed by atoms with Crippen LogP contribution in [0.5, 0.6) is 0 Å². The van der Waals surface area contributed by atoms with Crippen molar-refractivity contribution in [1.29, 1.82) is 0 Å². The number of alkyl halides is 3. The average Bonchev–Trinajstić information content (AvgIpc) is 2.39. The van der Waals surface area contributed by atoms with Crippen molar-refractivity contribution in [1.82, 2.24) is 0 Å². The number of rotatable bonds is 7. The molecule has 1 atom stereocenters. The molecule has 1 aromatic carbocycles. The maximum atomic E-state index is 12.8. The number of nitrogens with one attached hydrogen (secondary N) is 1. The van der Waals surface area contributed by atoms with Gasteiger partial charge in [0.15, 0.2) is 0 Å². The van der Waals surface area contributed by atoms with E-state index < -0.39 is 11.7 Å². The number of benzene rings is 1. The molecule has 0 bridgehead atoms. The van der Waals surface area contributed by atoms with Crippen molar-refractivity contribution < 1.29 is 13.2 Å². The van der Waals surface area contributed by atoms with Crippen LogP contribution < -0.4 is 5.32 Å². The first-order chi connectivity index (χ1) is 9.38. The summed E-state index contributed by atoms with van der Waals surface area (Å²) < 4.78 is 38.5. The van der Waals surface area contributed by atoms with Crippen molar-refractivity contribution in [2.24, 2.45) is 5.92 Å². The number of anilines is 1. The van der Waals surface area contributed by atoms with E-state index in [2.05, 4.69) is 35.1 Å². The molecule has 1 aromatic rings. The molecule has 0 aliphatic heterocycles. The third kappa shape index (κ3) is 5.35. The Morgan fingerprint density at radius 1 is 1.25 bits per heavy atom. The summed E-state index contributed by atoms with van der Waals surface area (Å²) in [4.78, 5) is 0. The summed E-state index contributed by atoms with van der Waals surface area (Å²) in [5.74, 6) is 0.507. The number of hydrogen-bond donors (Lipinski definition) is 1. The van der Waals surface area contributed by atoms with Crippen LogP contribution in [-0.4, -0.2) is 6.54 Å². The minimum absolute atomic E-state index is 0.0774. The lowest BCUT2D eigenvalue weighted by molar-refractivity contribution is -0.138. The maximum Gasteiger partial charge on any atom is 0.417 e. The van der Waals surface area contributed by atoms with Gasteiger partial charge in [0.05, 0.1) is 5.56 Å². The molecule has 0 saturated heterocycles. The summed E-state index contributed by atoms with van der Waals surface area (Å²) in [6, 6.07) is 4.28. The van der Waals surface area contributed by atoms with Crippen molar-refractivity contribution in [2.45, 2.75) is 45.7 Å². The molecule has 0 fully saturated rings. The fourth-order valence-corrected chi connectivity index (χ4v) is 2.53. The minimum atomic E-state index is -4.33. The molecule has 0 amide bonds. The molecular weight excluding hydrogens is 331 g/mol. The molecule has 114 valence electrons. The lowest BCUT2D eigenvalue weighted by atomic mass is 9.99. The molecule has 0 aliphatic rings. The molecule has 0 spiro atoms. The molecule has 0 radical (unpaired) electrons. The van der Waals surface area contributed by atoms with Gasteiger partial charge in [0.25, 0.3) is 0 Å². The highest BCUT2D eigenvalue weighted by Gasteiger charge is 2.33. The van der Waals surface area contributed by atoms with E-state index in [9.17, 15) is 13.2 Å². The Balaban J connectivity index is 2.69. The van der Waals surface area contributed by atoms with E-state index in [0.717, 1.165) is 38.3 Å². The van der Waals surface area contributed by atoms with Crippen molar-refractivity contribution in [2.75, 3.05) is 11.9 Å². The van der Waals surface area contributed by atoms with Gasteiger partial charge in [-0.1, -0.05) is 49.0 Å². The fourth-order valence-electron chi connectivity index (χ4n) is 2.06. The molecule has 0 heterocycles. The van der Waals surface area contributed by atoms with Crippen molar-refractivity contribution in [3.63, 3.8) is 0 Å². The highest BCUT2D eigenvalue weighted by atomic mass is 79.9. The van der Waals surface area contributed by atoms with E-state index in [0.29, 0.717) is 11.6 Å². The van der Waals surface area contributed by atoms with Gasteiger partial charge in [-0.25, -0.2) is 0 Å². The summed E-state index contributed by atoms with van der Waals surface area (Å²) in [7, 11) is 0. The monoisotopic (exact) mass is 351 g/mol. The van der Waals surface area contributed by atoms with E-state index in [-0.39, 0.29) is 4.47 Å². The number of halogens is 4. The summed E-state index contributed by atoms with van der Waals surface area (Å²) in [6.45, 7) is 4.98. The summed E-state index contributed by atoms with van der Waals surface area (Å²) >= 11 is 2.95. The normalized spacial score (nSPS) is 13.3. The Kier molecular flexibility index (Phi) is 6.86.